The highest BCUT2D eigenvalue weighted by Crippen LogP contribution is 2.34. The van der Waals surface area contributed by atoms with Gasteiger partial charge in [-0.3, -0.25) is 9.89 Å². The number of nitrogens with zero attached hydrogens (tertiary/aromatic N) is 3. The zero-order valence-electron chi connectivity index (χ0n) is 15.5. The van der Waals surface area contributed by atoms with Gasteiger partial charge in [-0.05, 0) is 51.8 Å². The van der Waals surface area contributed by atoms with Crippen molar-refractivity contribution in [3.8, 4) is 10.6 Å². The summed E-state index contributed by atoms with van der Waals surface area (Å²) in [4.78, 5) is 19.9. The number of fused-ring (bicyclic) bond motifs is 3. The van der Waals surface area contributed by atoms with Crippen LogP contribution in [0.15, 0.2) is 23.6 Å². The number of rotatable bonds is 3. The molecule has 3 atom stereocenters. The summed E-state index contributed by atoms with van der Waals surface area (Å²) < 4.78 is 0. The normalized spacial score (nSPS) is 25.2. The van der Waals surface area contributed by atoms with Crippen LogP contribution in [0.3, 0.4) is 0 Å². The Kier molecular flexibility index (Phi) is 4.02. The Morgan fingerprint density at radius 3 is 2.78 bits per heavy atom. The third kappa shape index (κ3) is 2.95. The third-order valence-corrected chi connectivity index (χ3v) is 7.09. The summed E-state index contributed by atoms with van der Waals surface area (Å²) in [6.07, 6.45) is 4.57. The molecule has 5 rings (SSSR count). The topological polar surface area (TPSA) is 73.9 Å². The number of piperidine rings is 1. The van der Waals surface area contributed by atoms with Gasteiger partial charge in [0.05, 0.1) is 5.52 Å². The second kappa shape index (κ2) is 6.42. The van der Waals surface area contributed by atoms with Crippen LogP contribution in [0.4, 0.5) is 0 Å². The molecule has 0 aliphatic carbocycles. The van der Waals surface area contributed by atoms with Crippen molar-refractivity contribution in [2.24, 2.45) is 0 Å². The Morgan fingerprint density at radius 2 is 2.07 bits per heavy atom. The first-order valence-electron chi connectivity index (χ1n) is 9.52. The van der Waals surface area contributed by atoms with Crippen molar-refractivity contribution in [1.29, 1.82) is 0 Å². The lowest BCUT2D eigenvalue weighted by molar-refractivity contribution is 0.0879. The quantitative estimate of drug-likeness (QED) is 0.730. The first-order valence-corrected chi connectivity index (χ1v) is 10.4. The molecule has 0 saturated carbocycles. The summed E-state index contributed by atoms with van der Waals surface area (Å²) in [7, 11) is 2.21. The van der Waals surface area contributed by atoms with E-state index in [1.54, 1.807) is 11.3 Å². The van der Waals surface area contributed by atoms with Gasteiger partial charge < -0.3 is 10.2 Å². The minimum absolute atomic E-state index is 0.0759. The fraction of sp³-hybridized carbons (Fsp3) is 0.450. The molecule has 1 unspecified atom stereocenters. The Balaban J connectivity index is 1.36. The van der Waals surface area contributed by atoms with Crippen molar-refractivity contribution in [3.05, 3.63) is 35.0 Å². The average Bonchev–Trinajstić information content (AvgIpc) is 3.31. The van der Waals surface area contributed by atoms with E-state index in [1.807, 2.05) is 30.5 Å². The number of aromatic nitrogens is 3. The number of amides is 1. The van der Waals surface area contributed by atoms with Gasteiger partial charge in [-0.15, -0.1) is 11.3 Å². The highest BCUT2D eigenvalue weighted by molar-refractivity contribution is 7.13. The predicted molar refractivity (Wildman–Crippen MR) is 107 cm³/mol. The number of aromatic amines is 1. The van der Waals surface area contributed by atoms with Gasteiger partial charge in [0, 0.05) is 40.1 Å². The van der Waals surface area contributed by atoms with E-state index in [0.717, 1.165) is 40.0 Å². The molecule has 140 valence electrons. The zero-order valence-corrected chi connectivity index (χ0v) is 16.3. The molecule has 6 nitrogen and oxygen atoms in total. The molecule has 2 saturated heterocycles. The Morgan fingerprint density at radius 1 is 1.30 bits per heavy atom. The summed E-state index contributed by atoms with van der Waals surface area (Å²) in [5, 5.41) is 14.4. The summed E-state index contributed by atoms with van der Waals surface area (Å²) in [5.74, 6) is -0.0759. The van der Waals surface area contributed by atoms with Gasteiger partial charge in [-0.25, -0.2) is 4.98 Å². The van der Waals surface area contributed by atoms with Gasteiger partial charge in [0.2, 0.25) is 0 Å². The van der Waals surface area contributed by atoms with Crippen LogP contribution in [-0.2, 0) is 0 Å². The second-order valence-corrected chi connectivity index (χ2v) is 8.68. The number of benzene rings is 1. The maximum absolute atomic E-state index is 12.8. The average molecular weight is 382 g/mol. The number of aryl methyl sites for hydroxylation is 1. The number of hydrogen-bond donors (Lipinski definition) is 2. The van der Waals surface area contributed by atoms with Crippen molar-refractivity contribution in [2.45, 2.75) is 50.7 Å². The van der Waals surface area contributed by atoms with Crippen molar-refractivity contribution >= 4 is 28.1 Å². The largest absolute Gasteiger partial charge is 0.348 e. The smallest absolute Gasteiger partial charge is 0.272 e. The zero-order chi connectivity index (χ0) is 18.5. The van der Waals surface area contributed by atoms with Crippen LogP contribution in [0.25, 0.3) is 21.5 Å². The van der Waals surface area contributed by atoms with E-state index in [2.05, 4.69) is 32.4 Å². The van der Waals surface area contributed by atoms with Crippen LogP contribution < -0.4 is 5.32 Å². The van der Waals surface area contributed by atoms with Crippen LogP contribution in [0.1, 0.15) is 41.9 Å². The van der Waals surface area contributed by atoms with Crippen molar-refractivity contribution in [1.82, 2.24) is 25.4 Å². The van der Waals surface area contributed by atoms with Crippen LogP contribution in [0.2, 0.25) is 0 Å². The Hall–Kier alpha value is -2.25. The molecule has 7 heteroatoms. The Bertz CT molecular complexity index is 995. The maximum atomic E-state index is 12.8. The minimum Gasteiger partial charge on any atom is -0.348 e. The van der Waals surface area contributed by atoms with Gasteiger partial charge >= 0.3 is 0 Å². The van der Waals surface area contributed by atoms with E-state index in [9.17, 15) is 4.79 Å². The number of hydrogen-bond acceptors (Lipinski definition) is 5. The molecule has 2 aliphatic heterocycles. The van der Waals surface area contributed by atoms with E-state index in [-0.39, 0.29) is 11.9 Å². The molecule has 2 N–H and O–H groups in total. The molecule has 2 bridgehead atoms. The van der Waals surface area contributed by atoms with E-state index in [4.69, 9.17) is 0 Å². The van der Waals surface area contributed by atoms with Crippen molar-refractivity contribution in [2.75, 3.05) is 7.05 Å². The maximum Gasteiger partial charge on any atom is 0.272 e. The number of carbonyl (C=O) groups is 1. The molecular weight excluding hydrogens is 358 g/mol. The number of H-pyrrole nitrogens is 1. The molecular formula is C20H23N5OS. The summed E-state index contributed by atoms with van der Waals surface area (Å²) in [6, 6.07) is 7.47. The molecule has 0 radical (unpaired) electrons. The van der Waals surface area contributed by atoms with Gasteiger partial charge in [-0.2, -0.15) is 5.10 Å². The van der Waals surface area contributed by atoms with Crippen LogP contribution in [0.5, 0.6) is 0 Å². The van der Waals surface area contributed by atoms with Gasteiger partial charge in [-0.1, -0.05) is 6.07 Å². The number of carbonyl (C=O) groups excluding carboxylic acids is 1. The molecule has 27 heavy (non-hydrogen) atoms. The van der Waals surface area contributed by atoms with E-state index < -0.39 is 0 Å². The summed E-state index contributed by atoms with van der Waals surface area (Å²) in [5.41, 5.74) is 3.42. The summed E-state index contributed by atoms with van der Waals surface area (Å²) in [6.45, 7) is 1.99. The molecule has 1 aromatic carbocycles. The number of nitrogens with one attached hydrogen (secondary N) is 2. The highest BCUT2D eigenvalue weighted by atomic mass is 32.1. The SMILES string of the molecule is Cc1csc(-c2ccc3c(C(=O)NC4C[C@H]5CC[C@@H](C4)N5C)n[nH]c3c2)n1. The molecule has 2 fully saturated rings. The number of thiazole rings is 1. The fourth-order valence-electron chi connectivity index (χ4n) is 4.60. The highest BCUT2D eigenvalue weighted by Gasteiger charge is 2.39. The van der Waals surface area contributed by atoms with Crippen LogP contribution in [-0.4, -0.2) is 51.2 Å². The first-order chi connectivity index (χ1) is 13.1. The monoisotopic (exact) mass is 381 g/mol. The van der Waals surface area contributed by atoms with Crippen LogP contribution in [0, 0.1) is 6.92 Å². The molecule has 3 aromatic rings. The van der Waals surface area contributed by atoms with Crippen molar-refractivity contribution < 1.29 is 4.79 Å². The standard InChI is InChI=1S/C20H23N5OS/c1-11-10-27-20(21-11)12-3-6-16-17(7-12)23-24-18(16)19(26)22-13-8-14-4-5-15(9-13)25(14)2/h3,6-7,10,13-15H,4-5,8-9H2,1-2H3,(H,22,26)(H,23,24)/t13?,14-,15+. The molecule has 2 aliphatic rings. The van der Waals surface area contributed by atoms with Gasteiger partial charge in [0.15, 0.2) is 5.69 Å². The van der Waals surface area contributed by atoms with E-state index in [0.29, 0.717) is 17.8 Å². The Labute approximate surface area is 162 Å². The summed E-state index contributed by atoms with van der Waals surface area (Å²) >= 11 is 1.63. The molecule has 0 spiro atoms. The molecule has 1 amide bonds. The first kappa shape index (κ1) is 16.9. The second-order valence-electron chi connectivity index (χ2n) is 7.82. The van der Waals surface area contributed by atoms with Crippen molar-refractivity contribution in [3.63, 3.8) is 0 Å². The molecule has 4 heterocycles. The van der Waals surface area contributed by atoms with E-state index >= 15 is 0 Å². The van der Waals surface area contributed by atoms with E-state index in [1.165, 1.54) is 12.8 Å². The lowest BCUT2D eigenvalue weighted by Crippen LogP contribution is -2.48. The third-order valence-electron chi connectivity index (χ3n) is 6.08. The minimum atomic E-state index is -0.0759. The van der Waals surface area contributed by atoms with Crippen LogP contribution >= 0.6 is 11.3 Å². The lowest BCUT2D eigenvalue weighted by atomic mass is 9.98. The predicted octanol–water partition coefficient (Wildman–Crippen LogP) is 3.35. The fourth-order valence-corrected chi connectivity index (χ4v) is 5.39. The van der Waals surface area contributed by atoms with Gasteiger partial charge in [0.1, 0.15) is 5.01 Å². The molecule has 2 aromatic heterocycles. The lowest BCUT2D eigenvalue weighted by Gasteiger charge is -2.36. The van der Waals surface area contributed by atoms with Gasteiger partial charge in [0.25, 0.3) is 5.91 Å².